The van der Waals surface area contributed by atoms with Gasteiger partial charge in [0.2, 0.25) is 0 Å². The minimum Gasteiger partial charge on any atom is -0.493 e. The molecule has 0 fully saturated rings. The summed E-state index contributed by atoms with van der Waals surface area (Å²) >= 11 is 7.46. The lowest BCUT2D eigenvalue weighted by Crippen LogP contribution is -2.34. The molecule has 3 rings (SSSR count). The summed E-state index contributed by atoms with van der Waals surface area (Å²) in [6, 6.07) is 24.9. The van der Waals surface area contributed by atoms with Gasteiger partial charge in [-0.15, -0.1) is 0 Å². The standard InChI is InChI=1S/C22H19IN2O2S/c23-18-9-11-19(12-10-18)24-22(28)25-21(26)17-7-4-8-20(15-17)27-14-13-16-5-2-1-3-6-16/h1-12,15H,13-14H2,(H2,24,25,26,28). The largest absolute Gasteiger partial charge is 0.493 e. The average Bonchev–Trinajstić information content (AvgIpc) is 2.71. The van der Waals surface area contributed by atoms with Crippen molar-refractivity contribution in [2.45, 2.75) is 6.42 Å². The summed E-state index contributed by atoms with van der Waals surface area (Å²) in [7, 11) is 0. The number of ether oxygens (including phenoxy) is 1. The Labute approximate surface area is 183 Å². The molecule has 2 N–H and O–H groups in total. The molecule has 4 nitrogen and oxygen atoms in total. The van der Waals surface area contributed by atoms with E-state index in [0.29, 0.717) is 17.9 Å². The van der Waals surface area contributed by atoms with Crippen LogP contribution >= 0.6 is 34.8 Å². The molecule has 0 aromatic heterocycles. The van der Waals surface area contributed by atoms with Crippen molar-refractivity contribution in [2.75, 3.05) is 11.9 Å². The van der Waals surface area contributed by atoms with Crippen molar-refractivity contribution < 1.29 is 9.53 Å². The van der Waals surface area contributed by atoms with Crippen molar-refractivity contribution in [3.8, 4) is 5.75 Å². The molecular weight excluding hydrogens is 483 g/mol. The summed E-state index contributed by atoms with van der Waals surface area (Å²) < 4.78 is 6.91. The summed E-state index contributed by atoms with van der Waals surface area (Å²) in [6.07, 6.45) is 0.807. The number of hydrogen-bond donors (Lipinski definition) is 2. The fourth-order valence-electron chi connectivity index (χ4n) is 2.53. The second-order valence-corrected chi connectivity index (χ2v) is 7.68. The van der Waals surface area contributed by atoms with Crippen LogP contribution in [0.1, 0.15) is 15.9 Å². The predicted octanol–water partition coefficient (Wildman–Crippen LogP) is 5.04. The molecule has 3 aromatic rings. The quantitative estimate of drug-likeness (QED) is 0.367. The molecular formula is C22H19IN2O2S. The molecule has 0 aliphatic rings. The van der Waals surface area contributed by atoms with E-state index in [-0.39, 0.29) is 11.0 Å². The normalized spacial score (nSPS) is 10.2. The monoisotopic (exact) mass is 502 g/mol. The van der Waals surface area contributed by atoms with Gasteiger partial charge in [0, 0.05) is 21.2 Å². The first-order valence-corrected chi connectivity index (χ1v) is 10.2. The molecule has 28 heavy (non-hydrogen) atoms. The number of thiocarbonyl (C=S) groups is 1. The second-order valence-electron chi connectivity index (χ2n) is 6.03. The highest BCUT2D eigenvalue weighted by molar-refractivity contribution is 14.1. The Kier molecular flexibility index (Phi) is 7.39. The molecule has 0 radical (unpaired) electrons. The van der Waals surface area contributed by atoms with Crippen molar-refractivity contribution in [1.29, 1.82) is 0 Å². The number of carbonyl (C=O) groups is 1. The van der Waals surface area contributed by atoms with Crippen molar-refractivity contribution in [2.24, 2.45) is 0 Å². The Hall–Kier alpha value is -2.45. The van der Waals surface area contributed by atoms with Gasteiger partial charge >= 0.3 is 0 Å². The minimum absolute atomic E-state index is 0.251. The maximum atomic E-state index is 12.5. The number of rotatable bonds is 6. The van der Waals surface area contributed by atoms with Gasteiger partial charge in [0.25, 0.3) is 5.91 Å². The van der Waals surface area contributed by atoms with Gasteiger partial charge in [-0.1, -0.05) is 36.4 Å². The highest BCUT2D eigenvalue weighted by Crippen LogP contribution is 2.15. The molecule has 0 aliphatic carbocycles. The van der Waals surface area contributed by atoms with Gasteiger partial charge in [0.15, 0.2) is 5.11 Å². The Morgan fingerprint density at radius 2 is 1.71 bits per heavy atom. The van der Waals surface area contributed by atoms with Crippen LogP contribution in [0.2, 0.25) is 0 Å². The molecule has 0 heterocycles. The minimum atomic E-state index is -0.281. The summed E-state index contributed by atoms with van der Waals surface area (Å²) in [5.74, 6) is 0.372. The van der Waals surface area contributed by atoms with Crippen LogP contribution in [-0.2, 0) is 6.42 Å². The number of hydrogen-bond acceptors (Lipinski definition) is 3. The maximum absolute atomic E-state index is 12.5. The van der Waals surface area contributed by atoms with Crippen LogP contribution < -0.4 is 15.4 Å². The number of benzene rings is 3. The first-order chi connectivity index (χ1) is 13.6. The van der Waals surface area contributed by atoms with Crippen LogP contribution in [0, 0.1) is 3.57 Å². The predicted molar refractivity (Wildman–Crippen MR) is 125 cm³/mol. The summed E-state index contributed by atoms with van der Waals surface area (Å²) in [5, 5.41) is 5.95. The summed E-state index contributed by atoms with van der Waals surface area (Å²) in [4.78, 5) is 12.5. The smallest absolute Gasteiger partial charge is 0.257 e. The second kappa shape index (κ2) is 10.2. The lowest BCUT2D eigenvalue weighted by Gasteiger charge is -2.11. The van der Waals surface area contributed by atoms with Crippen molar-refractivity contribution in [3.63, 3.8) is 0 Å². The molecule has 0 bridgehead atoms. The van der Waals surface area contributed by atoms with E-state index in [1.165, 1.54) is 5.56 Å². The van der Waals surface area contributed by atoms with Crippen LogP contribution in [0.3, 0.4) is 0 Å². The first kappa shape index (κ1) is 20.3. The summed E-state index contributed by atoms with van der Waals surface area (Å²) in [6.45, 7) is 0.544. The maximum Gasteiger partial charge on any atom is 0.257 e. The third-order valence-electron chi connectivity index (χ3n) is 3.93. The zero-order chi connectivity index (χ0) is 19.8. The fourth-order valence-corrected chi connectivity index (χ4v) is 3.10. The lowest BCUT2D eigenvalue weighted by atomic mass is 10.2. The fraction of sp³-hybridized carbons (Fsp3) is 0.0909. The third kappa shape index (κ3) is 6.31. The molecule has 6 heteroatoms. The van der Waals surface area contributed by atoms with Gasteiger partial charge in [-0.3, -0.25) is 10.1 Å². The molecule has 0 saturated carbocycles. The molecule has 0 spiro atoms. The lowest BCUT2D eigenvalue weighted by molar-refractivity contribution is 0.0977. The molecule has 0 saturated heterocycles. The van der Waals surface area contributed by atoms with Gasteiger partial charge in [0.1, 0.15) is 5.75 Å². The topological polar surface area (TPSA) is 50.4 Å². The summed E-state index contributed by atoms with van der Waals surface area (Å²) in [5.41, 5.74) is 2.52. The van der Waals surface area contributed by atoms with Gasteiger partial charge in [-0.05, 0) is 82.8 Å². The van der Waals surface area contributed by atoms with E-state index in [1.54, 1.807) is 18.2 Å². The molecule has 1 amide bonds. The van der Waals surface area contributed by atoms with E-state index in [2.05, 4.69) is 45.4 Å². The zero-order valence-corrected chi connectivity index (χ0v) is 18.0. The molecule has 0 atom stereocenters. The van der Waals surface area contributed by atoms with E-state index in [1.807, 2.05) is 48.5 Å². The van der Waals surface area contributed by atoms with Crippen LogP contribution in [-0.4, -0.2) is 17.6 Å². The zero-order valence-electron chi connectivity index (χ0n) is 15.0. The number of amides is 1. The molecule has 3 aromatic carbocycles. The van der Waals surface area contributed by atoms with Gasteiger partial charge in [-0.25, -0.2) is 0 Å². The van der Waals surface area contributed by atoms with Crippen LogP contribution in [0.15, 0.2) is 78.9 Å². The van der Waals surface area contributed by atoms with Crippen LogP contribution in [0.5, 0.6) is 5.75 Å². The van der Waals surface area contributed by atoms with E-state index in [9.17, 15) is 4.79 Å². The number of halogens is 1. The molecule has 0 aliphatic heterocycles. The van der Waals surface area contributed by atoms with Crippen LogP contribution in [0.4, 0.5) is 5.69 Å². The van der Waals surface area contributed by atoms with E-state index < -0.39 is 0 Å². The van der Waals surface area contributed by atoms with E-state index in [4.69, 9.17) is 17.0 Å². The Morgan fingerprint density at radius 1 is 0.964 bits per heavy atom. The van der Waals surface area contributed by atoms with Crippen molar-refractivity contribution in [1.82, 2.24) is 5.32 Å². The SMILES string of the molecule is O=C(NC(=S)Nc1ccc(I)cc1)c1cccc(OCCc2ccccc2)c1. The first-order valence-electron chi connectivity index (χ1n) is 8.75. The highest BCUT2D eigenvalue weighted by atomic mass is 127. The van der Waals surface area contributed by atoms with Gasteiger partial charge in [-0.2, -0.15) is 0 Å². The Morgan fingerprint density at radius 3 is 2.46 bits per heavy atom. The van der Waals surface area contributed by atoms with Gasteiger partial charge < -0.3 is 10.1 Å². The highest BCUT2D eigenvalue weighted by Gasteiger charge is 2.09. The van der Waals surface area contributed by atoms with E-state index in [0.717, 1.165) is 15.7 Å². The van der Waals surface area contributed by atoms with Gasteiger partial charge in [0.05, 0.1) is 6.61 Å². The third-order valence-corrected chi connectivity index (χ3v) is 4.85. The van der Waals surface area contributed by atoms with Crippen molar-refractivity contribution in [3.05, 3.63) is 93.6 Å². The number of carbonyl (C=O) groups excluding carboxylic acids is 1. The molecule has 142 valence electrons. The number of anilines is 1. The Balaban J connectivity index is 1.52. The molecule has 0 unspecified atom stereocenters. The van der Waals surface area contributed by atoms with Crippen molar-refractivity contribution >= 4 is 51.5 Å². The van der Waals surface area contributed by atoms with Crippen LogP contribution in [0.25, 0.3) is 0 Å². The van der Waals surface area contributed by atoms with E-state index >= 15 is 0 Å². The Bertz CT molecular complexity index is 946. The number of nitrogens with one attached hydrogen (secondary N) is 2. The average molecular weight is 502 g/mol.